The van der Waals surface area contributed by atoms with Gasteiger partial charge in [0.2, 0.25) is 5.76 Å². The average molecular weight is 279 g/mol. The van der Waals surface area contributed by atoms with Crippen LogP contribution in [0.15, 0.2) is 34.9 Å². The van der Waals surface area contributed by atoms with Crippen molar-refractivity contribution in [3.8, 4) is 0 Å². The van der Waals surface area contributed by atoms with Crippen LogP contribution < -0.4 is 5.32 Å². The van der Waals surface area contributed by atoms with E-state index in [1.54, 1.807) is 19.1 Å². The maximum absolute atomic E-state index is 12.0. The van der Waals surface area contributed by atoms with Crippen molar-refractivity contribution in [2.75, 3.05) is 0 Å². The number of nitrogens with zero attached hydrogens (tertiary/aromatic N) is 1. The predicted molar refractivity (Wildman–Crippen MR) is 73.2 cm³/mol. The molecule has 1 unspecified atom stereocenters. The van der Waals surface area contributed by atoms with Gasteiger partial charge in [0, 0.05) is 11.1 Å². The van der Waals surface area contributed by atoms with Gasteiger partial charge in [-0.1, -0.05) is 35.8 Å². The summed E-state index contributed by atoms with van der Waals surface area (Å²) in [5.41, 5.74) is 1.65. The van der Waals surface area contributed by atoms with E-state index in [0.29, 0.717) is 10.7 Å². The highest BCUT2D eigenvalue weighted by Gasteiger charge is 2.17. The largest absolute Gasteiger partial charge is 0.351 e. The average Bonchev–Trinajstić information content (AvgIpc) is 2.82. The van der Waals surface area contributed by atoms with Gasteiger partial charge in [-0.3, -0.25) is 4.79 Å². The van der Waals surface area contributed by atoms with Crippen molar-refractivity contribution < 1.29 is 9.32 Å². The number of nitrogens with one attached hydrogen (secondary N) is 1. The Hall–Kier alpha value is -1.81. The Morgan fingerprint density at radius 1 is 1.47 bits per heavy atom. The molecule has 100 valence electrons. The lowest BCUT2D eigenvalue weighted by Gasteiger charge is -2.16. The normalized spacial score (nSPS) is 12.2. The number of hydrogen-bond acceptors (Lipinski definition) is 3. The van der Waals surface area contributed by atoms with Crippen molar-refractivity contribution in [3.63, 3.8) is 0 Å². The van der Waals surface area contributed by atoms with Crippen LogP contribution in [0.3, 0.4) is 0 Å². The quantitative estimate of drug-likeness (QED) is 0.931. The molecule has 0 fully saturated rings. The second kappa shape index (κ2) is 5.89. The van der Waals surface area contributed by atoms with E-state index in [-0.39, 0.29) is 17.7 Å². The fourth-order valence-electron chi connectivity index (χ4n) is 1.84. The lowest BCUT2D eigenvalue weighted by Crippen LogP contribution is -2.27. The summed E-state index contributed by atoms with van der Waals surface area (Å²) in [4.78, 5) is 12.0. The highest BCUT2D eigenvalue weighted by Crippen LogP contribution is 2.20. The summed E-state index contributed by atoms with van der Waals surface area (Å²) in [6.45, 7) is 3.77. The van der Waals surface area contributed by atoms with E-state index in [4.69, 9.17) is 16.1 Å². The third-order valence-electron chi connectivity index (χ3n) is 2.82. The SMILES string of the molecule is CCC(NC(=O)c1cc(C)no1)c1cccc(Cl)c1. The number of carbonyl (C=O) groups excluding carboxylic acids is 1. The van der Waals surface area contributed by atoms with Crippen LogP contribution in [0, 0.1) is 6.92 Å². The van der Waals surface area contributed by atoms with Gasteiger partial charge in [0.25, 0.3) is 5.91 Å². The molecular formula is C14H15ClN2O2. The van der Waals surface area contributed by atoms with Crippen molar-refractivity contribution in [3.05, 3.63) is 52.4 Å². The molecule has 1 aromatic heterocycles. The summed E-state index contributed by atoms with van der Waals surface area (Å²) in [5.74, 6) is -0.0506. The van der Waals surface area contributed by atoms with Crippen LogP contribution in [0.25, 0.3) is 0 Å². The van der Waals surface area contributed by atoms with E-state index >= 15 is 0 Å². The molecule has 0 bridgehead atoms. The van der Waals surface area contributed by atoms with Gasteiger partial charge in [-0.15, -0.1) is 0 Å². The molecule has 1 aromatic carbocycles. The zero-order valence-electron chi connectivity index (χ0n) is 10.8. The monoisotopic (exact) mass is 278 g/mol. The topological polar surface area (TPSA) is 55.1 Å². The number of aryl methyl sites for hydroxylation is 1. The molecule has 0 spiro atoms. The summed E-state index contributed by atoms with van der Waals surface area (Å²) in [6, 6.07) is 8.97. The molecule has 0 saturated heterocycles. The lowest BCUT2D eigenvalue weighted by molar-refractivity contribution is 0.0898. The zero-order chi connectivity index (χ0) is 13.8. The number of amides is 1. The van der Waals surface area contributed by atoms with Gasteiger partial charge < -0.3 is 9.84 Å². The number of aromatic nitrogens is 1. The predicted octanol–water partition coefficient (Wildman–Crippen LogP) is 3.52. The Balaban J connectivity index is 2.13. The van der Waals surface area contributed by atoms with Crippen molar-refractivity contribution in [1.29, 1.82) is 0 Å². The van der Waals surface area contributed by atoms with Gasteiger partial charge in [-0.2, -0.15) is 0 Å². The Kier molecular flexibility index (Phi) is 4.22. The summed E-state index contributed by atoms with van der Waals surface area (Å²) in [7, 11) is 0. The van der Waals surface area contributed by atoms with Crippen LogP contribution >= 0.6 is 11.6 Å². The first-order valence-electron chi connectivity index (χ1n) is 6.09. The van der Waals surface area contributed by atoms with Gasteiger partial charge >= 0.3 is 0 Å². The maximum Gasteiger partial charge on any atom is 0.290 e. The molecular weight excluding hydrogens is 264 g/mol. The molecule has 2 rings (SSSR count). The Morgan fingerprint density at radius 3 is 2.84 bits per heavy atom. The Bertz CT molecular complexity index is 580. The maximum atomic E-state index is 12.0. The Morgan fingerprint density at radius 2 is 2.26 bits per heavy atom. The molecule has 5 heteroatoms. The first-order valence-corrected chi connectivity index (χ1v) is 6.47. The standard InChI is InChI=1S/C14H15ClN2O2/c1-3-12(10-5-4-6-11(15)8-10)16-14(18)13-7-9(2)17-19-13/h4-8,12H,3H2,1-2H3,(H,16,18). The summed E-state index contributed by atoms with van der Waals surface area (Å²) < 4.78 is 4.94. The van der Waals surface area contributed by atoms with Crippen molar-refractivity contribution in [1.82, 2.24) is 10.5 Å². The van der Waals surface area contributed by atoms with E-state index in [1.807, 2.05) is 25.1 Å². The van der Waals surface area contributed by atoms with Crippen LogP contribution in [-0.4, -0.2) is 11.1 Å². The minimum atomic E-state index is -0.271. The van der Waals surface area contributed by atoms with Crippen molar-refractivity contribution in [2.45, 2.75) is 26.3 Å². The minimum absolute atomic E-state index is 0.100. The van der Waals surface area contributed by atoms with E-state index in [0.717, 1.165) is 12.0 Å². The van der Waals surface area contributed by atoms with Gasteiger partial charge in [-0.05, 0) is 31.0 Å². The molecule has 0 aliphatic rings. The summed E-state index contributed by atoms with van der Waals surface area (Å²) in [5, 5.41) is 7.26. The van der Waals surface area contributed by atoms with Gasteiger partial charge in [0.05, 0.1) is 11.7 Å². The minimum Gasteiger partial charge on any atom is -0.351 e. The van der Waals surface area contributed by atoms with Crippen LogP contribution in [0.5, 0.6) is 0 Å². The molecule has 1 amide bonds. The smallest absolute Gasteiger partial charge is 0.290 e. The molecule has 0 saturated carbocycles. The Labute approximate surface area is 116 Å². The zero-order valence-corrected chi connectivity index (χ0v) is 11.6. The molecule has 19 heavy (non-hydrogen) atoms. The molecule has 1 heterocycles. The third kappa shape index (κ3) is 3.35. The molecule has 0 aliphatic carbocycles. The van der Waals surface area contributed by atoms with Crippen molar-refractivity contribution in [2.24, 2.45) is 0 Å². The molecule has 1 N–H and O–H groups in total. The molecule has 2 aromatic rings. The second-order valence-electron chi connectivity index (χ2n) is 4.32. The van der Waals surface area contributed by atoms with Gasteiger partial charge in [-0.25, -0.2) is 0 Å². The summed E-state index contributed by atoms with van der Waals surface area (Å²) in [6.07, 6.45) is 0.763. The van der Waals surface area contributed by atoms with Gasteiger partial charge in [0.15, 0.2) is 0 Å². The molecule has 0 radical (unpaired) electrons. The number of hydrogen-bond donors (Lipinski definition) is 1. The van der Waals surface area contributed by atoms with E-state index in [2.05, 4.69) is 10.5 Å². The first kappa shape index (κ1) is 13.6. The fourth-order valence-corrected chi connectivity index (χ4v) is 2.04. The van der Waals surface area contributed by atoms with E-state index in [1.165, 1.54) is 0 Å². The number of halogens is 1. The number of carbonyl (C=O) groups is 1. The highest BCUT2D eigenvalue weighted by atomic mass is 35.5. The van der Waals surface area contributed by atoms with E-state index < -0.39 is 0 Å². The lowest BCUT2D eigenvalue weighted by atomic mass is 10.0. The number of benzene rings is 1. The highest BCUT2D eigenvalue weighted by molar-refractivity contribution is 6.30. The molecule has 4 nitrogen and oxygen atoms in total. The molecule has 0 aliphatic heterocycles. The third-order valence-corrected chi connectivity index (χ3v) is 3.05. The fraction of sp³-hybridized carbons (Fsp3) is 0.286. The summed E-state index contributed by atoms with van der Waals surface area (Å²) >= 11 is 5.96. The van der Waals surface area contributed by atoms with Crippen LogP contribution in [-0.2, 0) is 0 Å². The van der Waals surface area contributed by atoms with Gasteiger partial charge in [0.1, 0.15) is 0 Å². The number of rotatable bonds is 4. The van der Waals surface area contributed by atoms with Crippen molar-refractivity contribution >= 4 is 17.5 Å². The first-order chi connectivity index (χ1) is 9.10. The van der Waals surface area contributed by atoms with Crippen LogP contribution in [0.4, 0.5) is 0 Å². The van der Waals surface area contributed by atoms with Crippen LogP contribution in [0.1, 0.15) is 41.2 Å². The van der Waals surface area contributed by atoms with E-state index in [9.17, 15) is 4.79 Å². The second-order valence-corrected chi connectivity index (χ2v) is 4.76. The van der Waals surface area contributed by atoms with Crippen LogP contribution in [0.2, 0.25) is 5.02 Å². The molecule has 1 atom stereocenters.